The number of esters is 1. The molecule has 0 aliphatic rings. The average molecular weight is 549 g/mol. The lowest BCUT2D eigenvalue weighted by Crippen LogP contribution is -2.21. The van der Waals surface area contributed by atoms with Crippen molar-refractivity contribution in [3.63, 3.8) is 0 Å². The van der Waals surface area contributed by atoms with Crippen LogP contribution in [0.5, 0.6) is 0 Å². The van der Waals surface area contributed by atoms with Gasteiger partial charge in [-0.25, -0.2) is 0 Å². The van der Waals surface area contributed by atoms with Crippen molar-refractivity contribution in [2.45, 2.75) is 174 Å². The van der Waals surface area contributed by atoms with E-state index in [2.05, 4.69) is 25.7 Å². The first-order chi connectivity index (χ1) is 19.1. The molecule has 1 atom stereocenters. The Kier molecular flexibility index (Phi) is 29.7. The molecule has 0 saturated carbocycles. The largest absolute Gasteiger partial charge is 0.481 e. The van der Waals surface area contributed by atoms with Gasteiger partial charge in [0, 0.05) is 0 Å². The second kappa shape index (κ2) is 31.0. The van der Waals surface area contributed by atoms with Gasteiger partial charge < -0.3 is 9.84 Å². The molecule has 1 unspecified atom stereocenters. The lowest BCUT2D eigenvalue weighted by atomic mass is 9.97. The quantitative estimate of drug-likeness (QED) is 0.0531. The molecule has 0 fully saturated rings. The van der Waals surface area contributed by atoms with Gasteiger partial charge in [0.1, 0.15) is 6.61 Å². The van der Waals surface area contributed by atoms with Crippen molar-refractivity contribution < 1.29 is 19.4 Å². The minimum atomic E-state index is -0.944. The van der Waals surface area contributed by atoms with Gasteiger partial charge in [-0.3, -0.25) is 9.59 Å². The van der Waals surface area contributed by atoms with Crippen LogP contribution in [-0.4, -0.2) is 23.7 Å². The van der Waals surface area contributed by atoms with Gasteiger partial charge in [-0.15, -0.1) is 0 Å². The van der Waals surface area contributed by atoms with Crippen LogP contribution < -0.4 is 0 Å². The third kappa shape index (κ3) is 29.2. The number of carboxylic acids is 1. The molecule has 0 aromatic carbocycles. The molecule has 4 nitrogen and oxygen atoms in total. The van der Waals surface area contributed by atoms with Crippen LogP contribution in [0.15, 0.2) is 24.8 Å². The topological polar surface area (TPSA) is 63.6 Å². The second-order valence-corrected chi connectivity index (χ2v) is 11.5. The summed E-state index contributed by atoms with van der Waals surface area (Å²) in [4.78, 5) is 23.0. The zero-order chi connectivity index (χ0) is 28.7. The van der Waals surface area contributed by atoms with Gasteiger partial charge in [0.05, 0.1) is 12.3 Å². The zero-order valence-corrected chi connectivity index (χ0v) is 25.8. The highest BCUT2D eigenvalue weighted by molar-refractivity contribution is 5.79. The van der Waals surface area contributed by atoms with Crippen molar-refractivity contribution in [2.75, 3.05) is 6.61 Å². The molecule has 228 valence electrons. The standard InChI is InChI=1S/C35H64O4/c1-3-5-6-7-8-9-10-11-12-13-14-15-16-17-18-19-20-21-22-23-24-25-26-27-28-29-30-33(32-34(36)37)35(38)39-31-4-2/h4,18-19,33H,2-3,5-17,20-32H2,1H3,(H,36,37)/b19-18+. The number of carbonyl (C=O) groups excluding carboxylic acids is 1. The fraction of sp³-hybridized carbons (Fsp3) is 0.829. The number of rotatable bonds is 31. The minimum absolute atomic E-state index is 0.144. The Hall–Kier alpha value is -1.58. The van der Waals surface area contributed by atoms with E-state index in [1.165, 1.54) is 141 Å². The molecule has 0 heterocycles. The average Bonchev–Trinajstić information content (AvgIpc) is 2.92. The summed E-state index contributed by atoms with van der Waals surface area (Å²) in [7, 11) is 0. The Morgan fingerprint density at radius 1 is 0.641 bits per heavy atom. The molecule has 0 aromatic rings. The Morgan fingerprint density at radius 2 is 1.03 bits per heavy atom. The van der Waals surface area contributed by atoms with Crippen molar-refractivity contribution >= 4 is 11.9 Å². The van der Waals surface area contributed by atoms with Gasteiger partial charge in [0.25, 0.3) is 0 Å². The lowest BCUT2D eigenvalue weighted by molar-refractivity contribution is -0.152. The smallest absolute Gasteiger partial charge is 0.309 e. The number of allylic oxidation sites excluding steroid dienone is 2. The number of carboxylic acid groups (broad SMARTS) is 1. The molecule has 1 N–H and O–H groups in total. The van der Waals surface area contributed by atoms with Crippen molar-refractivity contribution in [2.24, 2.45) is 5.92 Å². The fourth-order valence-corrected chi connectivity index (χ4v) is 5.18. The number of hydrogen-bond acceptors (Lipinski definition) is 3. The van der Waals surface area contributed by atoms with E-state index in [1.807, 2.05) is 0 Å². The molecule has 0 aliphatic heterocycles. The normalized spacial score (nSPS) is 12.1. The third-order valence-electron chi connectivity index (χ3n) is 7.66. The Morgan fingerprint density at radius 3 is 1.41 bits per heavy atom. The van der Waals surface area contributed by atoms with Crippen LogP contribution >= 0.6 is 0 Å². The van der Waals surface area contributed by atoms with Gasteiger partial charge in [-0.1, -0.05) is 160 Å². The summed E-state index contributed by atoms with van der Waals surface area (Å²) in [6.07, 6.45) is 38.6. The van der Waals surface area contributed by atoms with E-state index in [1.54, 1.807) is 0 Å². The Labute approximate surface area is 242 Å². The first-order valence-corrected chi connectivity index (χ1v) is 16.8. The SMILES string of the molecule is C=CCOC(=O)C(CCCCCCCCCCC/C=C/CCCCCCCCCCCCCCC)CC(=O)O. The van der Waals surface area contributed by atoms with Crippen molar-refractivity contribution in [3.05, 3.63) is 24.8 Å². The zero-order valence-electron chi connectivity index (χ0n) is 25.8. The summed E-state index contributed by atoms with van der Waals surface area (Å²) < 4.78 is 5.04. The van der Waals surface area contributed by atoms with E-state index in [4.69, 9.17) is 9.84 Å². The lowest BCUT2D eigenvalue weighted by Gasteiger charge is -2.13. The summed E-state index contributed by atoms with van der Waals surface area (Å²) >= 11 is 0. The van der Waals surface area contributed by atoms with Crippen LogP contribution in [0.2, 0.25) is 0 Å². The molecule has 39 heavy (non-hydrogen) atoms. The number of aliphatic carboxylic acids is 1. The molecule has 0 aliphatic carbocycles. The maximum atomic E-state index is 12.0. The van der Waals surface area contributed by atoms with Crippen LogP contribution in [0.25, 0.3) is 0 Å². The molecule has 0 bridgehead atoms. The number of ether oxygens (including phenoxy) is 1. The summed E-state index contributed by atoms with van der Waals surface area (Å²) in [6, 6.07) is 0. The number of hydrogen-bond donors (Lipinski definition) is 1. The summed E-state index contributed by atoms with van der Waals surface area (Å²) in [5.41, 5.74) is 0. The maximum absolute atomic E-state index is 12.0. The molecule has 0 rings (SSSR count). The van der Waals surface area contributed by atoms with Gasteiger partial charge in [0.15, 0.2) is 0 Å². The van der Waals surface area contributed by atoms with Gasteiger partial charge in [0.2, 0.25) is 0 Å². The summed E-state index contributed by atoms with van der Waals surface area (Å²) in [5.74, 6) is -1.89. The number of carbonyl (C=O) groups is 2. The minimum Gasteiger partial charge on any atom is -0.481 e. The molecular weight excluding hydrogens is 484 g/mol. The molecule has 0 aromatic heterocycles. The van der Waals surface area contributed by atoms with Gasteiger partial charge in [-0.2, -0.15) is 0 Å². The van der Waals surface area contributed by atoms with E-state index < -0.39 is 17.9 Å². The van der Waals surface area contributed by atoms with Crippen molar-refractivity contribution in [1.82, 2.24) is 0 Å². The molecule has 0 amide bonds. The van der Waals surface area contributed by atoms with Crippen LogP contribution in [0.3, 0.4) is 0 Å². The maximum Gasteiger partial charge on any atom is 0.309 e. The predicted octanol–water partition coefficient (Wildman–Crippen LogP) is 11.1. The first-order valence-electron chi connectivity index (χ1n) is 16.8. The third-order valence-corrected chi connectivity index (χ3v) is 7.66. The van der Waals surface area contributed by atoms with E-state index in [0.717, 1.165) is 19.3 Å². The number of unbranched alkanes of at least 4 members (excludes halogenated alkanes) is 22. The van der Waals surface area contributed by atoms with Crippen LogP contribution in [-0.2, 0) is 14.3 Å². The fourth-order valence-electron chi connectivity index (χ4n) is 5.18. The van der Waals surface area contributed by atoms with E-state index in [0.29, 0.717) is 6.42 Å². The monoisotopic (exact) mass is 548 g/mol. The molecule has 0 radical (unpaired) electrons. The molecule has 4 heteroatoms. The second-order valence-electron chi connectivity index (χ2n) is 11.5. The molecule has 0 spiro atoms. The molecule has 0 saturated heterocycles. The predicted molar refractivity (Wildman–Crippen MR) is 167 cm³/mol. The van der Waals surface area contributed by atoms with Gasteiger partial charge >= 0.3 is 11.9 Å². The Bertz CT molecular complexity index is 583. The van der Waals surface area contributed by atoms with E-state index in [-0.39, 0.29) is 13.0 Å². The Balaban J connectivity index is 3.37. The highest BCUT2D eigenvalue weighted by Crippen LogP contribution is 2.18. The summed E-state index contributed by atoms with van der Waals surface area (Å²) in [6.45, 7) is 5.95. The summed E-state index contributed by atoms with van der Waals surface area (Å²) in [5, 5.41) is 9.02. The first kappa shape index (κ1) is 37.4. The highest BCUT2D eigenvalue weighted by Gasteiger charge is 2.22. The van der Waals surface area contributed by atoms with Crippen molar-refractivity contribution in [1.29, 1.82) is 0 Å². The van der Waals surface area contributed by atoms with Crippen molar-refractivity contribution in [3.8, 4) is 0 Å². The van der Waals surface area contributed by atoms with Crippen LogP contribution in [0.4, 0.5) is 0 Å². The molecular formula is C35H64O4. The van der Waals surface area contributed by atoms with Crippen LogP contribution in [0, 0.1) is 5.92 Å². The van der Waals surface area contributed by atoms with E-state index >= 15 is 0 Å². The van der Waals surface area contributed by atoms with E-state index in [9.17, 15) is 9.59 Å². The van der Waals surface area contributed by atoms with Gasteiger partial charge in [-0.05, 0) is 32.1 Å². The van der Waals surface area contributed by atoms with Crippen LogP contribution in [0.1, 0.15) is 174 Å². The highest BCUT2D eigenvalue weighted by atomic mass is 16.5.